The Balaban J connectivity index is 3.12. The molecule has 1 rings (SSSR count). The van der Waals surface area contributed by atoms with Gasteiger partial charge in [0.05, 0.1) is 5.56 Å². The van der Waals surface area contributed by atoms with E-state index >= 15 is 0 Å². The van der Waals surface area contributed by atoms with E-state index in [1.807, 2.05) is 4.90 Å². The van der Waals surface area contributed by atoms with Gasteiger partial charge in [0, 0.05) is 17.1 Å². The molecule has 1 N–H and O–H groups in total. The lowest BCUT2D eigenvalue weighted by Crippen LogP contribution is -2.42. The van der Waals surface area contributed by atoms with E-state index in [-0.39, 0.29) is 17.7 Å². The molecule has 0 saturated heterocycles. The summed E-state index contributed by atoms with van der Waals surface area (Å²) in [6.07, 6.45) is 1.84. The van der Waals surface area contributed by atoms with Crippen LogP contribution < -0.4 is 0 Å². The molecule has 0 aromatic heterocycles. The number of rotatable bonds is 6. The molecule has 20 heavy (non-hydrogen) atoms. The summed E-state index contributed by atoms with van der Waals surface area (Å²) in [5.41, 5.74) is 0.368. The van der Waals surface area contributed by atoms with Crippen LogP contribution in [0.1, 0.15) is 50.9 Å². The number of hydrogen-bond donors (Lipinski definition) is 1. The summed E-state index contributed by atoms with van der Waals surface area (Å²) in [6.45, 7) is 9.09. The zero-order chi connectivity index (χ0) is 15.3. The van der Waals surface area contributed by atoms with E-state index in [1.165, 1.54) is 0 Å². The molecule has 0 radical (unpaired) electrons. The van der Waals surface area contributed by atoms with Crippen molar-refractivity contribution in [2.45, 2.75) is 46.6 Å². The molecule has 0 aliphatic heterocycles. The summed E-state index contributed by atoms with van der Waals surface area (Å²) < 4.78 is 0.799. The Morgan fingerprint density at radius 1 is 1.30 bits per heavy atom. The number of benzene rings is 1. The van der Waals surface area contributed by atoms with Gasteiger partial charge in [-0.05, 0) is 37.0 Å². The number of hydrogen-bond acceptors (Lipinski definition) is 2. The summed E-state index contributed by atoms with van der Waals surface area (Å²) in [5, 5.41) is 9.95. The van der Waals surface area contributed by atoms with Gasteiger partial charge in [0.15, 0.2) is 0 Å². The topological polar surface area (TPSA) is 40.5 Å². The molecule has 0 aliphatic rings. The molecule has 4 heteroatoms. The fraction of sp³-hybridized carbons (Fsp3) is 0.562. The summed E-state index contributed by atoms with van der Waals surface area (Å²) in [7, 11) is 0. The van der Waals surface area contributed by atoms with Gasteiger partial charge in [0.2, 0.25) is 0 Å². The first kappa shape index (κ1) is 17.0. The Labute approximate surface area is 130 Å². The normalized spacial score (nSPS) is 11.2. The maximum absolute atomic E-state index is 12.8. The molecule has 0 saturated carbocycles. The van der Waals surface area contributed by atoms with Crippen LogP contribution in [0.3, 0.4) is 0 Å². The molecule has 0 unspecified atom stereocenters. The van der Waals surface area contributed by atoms with Crippen molar-refractivity contribution in [3.05, 3.63) is 28.2 Å². The molecule has 112 valence electrons. The lowest BCUT2D eigenvalue weighted by molar-refractivity contribution is 0.0637. The van der Waals surface area contributed by atoms with Gasteiger partial charge in [-0.1, -0.05) is 43.6 Å². The van der Waals surface area contributed by atoms with E-state index in [0.717, 1.165) is 17.3 Å². The maximum atomic E-state index is 12.8. The van der Waals surface area contributed by atoms with Crippen molar-refractivity contribution in [2.24, 2.45) is 5.92 Å². The first-order valence-corrected chi connectivity index (χ1v) is 7.99. The lowest BCUT2D eigenvalue weighted by atomic mass is 10.0. The van der Waals surface area contributed by atoms with E-state index in [0.29, 0.717) is 18.0 Å². The summed E-state index contributed by atoms with van der Waals surface area (Å²) in [4.78, 5) is 14.7. The minimum Gasteiger partial charge on any atom is -0.507 e. The first-order chi connectivity index (χ1) is 9.40. The van der Waals surface area contributed by atoms with E-state index in [9.17, 15) is 9.90 Å². The summed E-state index contributed by atoms with van der Waals surface area (Å²) >= 11 is 3.35. The van der Waals surface area contributed by atoms with Crippen LogP contribution in [-0.4, -0.2) is 28.5 Å². The van der Waals surface area contributed by atoms with Crippen LogP contribution >= 0.6 is 15.9 Å². The second-order valence-electron chi connectivity index (χ2n) is 5.48. The molecule has 0 spiro atoms. The quantitative estimate of drug-likeness (QED) is 0.830. The Bertz CT molecular complexity index is 456. The molecular formula is C16H24BrNO2. The Morgan fingerprint density at radius 3 is 2.40 bits per heavy atom. The van der Waals surface area contributed by atoms with Crippen molar-refractivity contribution < 1.29 is 9.90 Å². The fourth-order valence-corrected chi connectivity index (χ4v) is 2.72. The second kappa shape index (κ2) is 7.67. The summed E-state index contributed by atoms with van der Waals surface area (Å²) in [5.74, 6) is 0.345. The fourth-order valence-electron chi connectivity index (χ4n) is 2.35. The van der Waals surface area contributed by atoms with E-state index < -0.39 is 0 Å². The number of amides is 1. The molecular weight excluding hydrogens is 318 g/mol. The first-order valence-electron chi connectivity index (χ1n) is 7.20. The number of phenolic OH excluding ortho intramolecular Hbond substituents is 1. The average molecular weight is 342 g/mol. The standard InChI is InChI=1S/C16H24BrNO2/c1-5-13(6-2)18(10-11(3)4)16(20)14-9-12(17)7-8-15(14)19/h7-9,11,13,19H,5-6,10H2,1-4H3. The van der Waals surface area contributed by atoms with Crippen molar-refractivity contribution in [3.63, 3.8) is 0 Å². The number of halogens is 1. The third-order valence-electron chi connectivity index (χ3n) is 3.39. The molecule has 0 heterocycles. The number of aromatic hydroxyl groups is 1. The van der Waals surface area contributed by atoms with Crippen molar-refractivity contribution in [3.8, 4) is 5.75 Å². The van der Waals surface area contributed by atoms with Gasteiger partial charge in [-0.3, -0.25) is 4.79 Å². The third-order valence-corrected chi connectivity index (χ3v) is 3.89. The number of carbonyl (C=O) groups is 1. The molecule has 0 atom stereocenters. The Hall–Kier alpha value is -1.03. The summed E-state index contributed by atoms with van der Waals surface area (Å²) in [6, 6.07) is 5.18. The highest BCUT2D eigenvalue weighted by molar-refractivity contribution is 9.10. The van der Waals surface area contributed by atoms with E-state index in [4.69, 9.17) is 0 Å². The minimum absolute atomic E-state index is 0.0397. The van der Waals surface area contributed by atoms with Crippen molar-refractivity contribution >= 4 is 21.8 Å². The molecule has 0 bridgehead atoms. The highest BCUT2D eigenvalue weighted by atomic mass is 79.9. The molecule has 1 amide bonds. The number of carbonyl (C=O) groups excluding carboxylic acids is 1. The van der Waals surface area contributed by atoms with Gasteiger partial charge < -0.3 is 10.0 Å². The Kier molecular flexibility index (Phi) is 6.53. The zero-order valence-corrected chi connectivity index (χ0v) is 14.3. The van der Waals surface area contributed by atoms with Crippen LogP contribution in [0.5, 0.6) is 5.75 Å². The van der Waals surface area contributed by atoms with Crippen molar-refractivity contribution in [2.75, 3.05) is 6.54 Å². The number of nitrogens with zero attached hydrogens (tertiary/aromatic N) is 1. The minimum atomic E-state index is -0.0915. The molecule has 1 aromatic rings. The maximum Gasteiger partial charge on any atom is 0.257 e. The highest BCUT2D eigenvalue weighted by Gasteiger charge is 2.25. The monoisotopic (exact) mass is 341 g/mol. The predicted molar refractivity (Wildman–Crippen MR) is 86.1 cm³/mol. The van der Waals surface area contributed by atoms with Crippen LogP contribution in [0, 0.1) is 5.92 Å². The molecule has 0 fully saturated rings. The van der Waals surface area contributed by atoms with Crippen molar-refractivity contribution in [1.29, 1.82) is 0 Å². The Morgan fingerprint density at radius 2 is 1.90 bits per heavy atom. The van der Waals surface area contributed by atoms with Gasteiger partial charge in [-0.2, -0.15) is 0 Å². The van der Waals surface area contributed by atoms with Gasteiger partial charge >= 0.3 is 0 Å². The smallest absolute Gasteiger partial charge is 0.257 e. The van der Waals surface area contributed by atoms with E-state index in [1.54, 1.807) is 18.2 Å². The highest BCUT2D eigenvalue weighted by Crippen LogP contribution is 2.25. The van der Waals surface area contributed by atoms with Gasteiger partial charge in [-0.15, -0.1) is 0 Å². The molecule has 0 aliphatic carbocycles. The van der Waals surface area contributed by atoms with Crippen LogP contribution in [-0.2, 0) is 0 Å². The van der Waals surface area contributed by atoms with Gasteiger partial charge in [-0.25, -0.2) is 0 Å². The van der Waals surface area contributed by atoms with Crippen LogP contribution in [0.4, 0.5) is 0 Å². The third kappa shape index (κ3) is 4.23. The van der Waals surface area contributed by atoms with Crippen LogP contribution in [0.15, 0.2) is 22.7 Å². The van der Waals surface area contributed by atoms with E-state index in [2.05, 4.69) is 43.6 Å². The van der Waals surface area contributed by atoms with Crippen molar-refractivity contribution in [1.82, 2.24) is 4.90 Å². The van der Waals surface area contributed by atoms with Gasteiger partial charge in [0.1, 0.15) is 5.75 Å². The largest absolute Gasteiger partial charge is 0.507 e. The van der Waals surface area contributed by atoms with Crippen LogP contribution in [0.2, 0.25) is 0 Å². The predicted octanol–water partition coefficient (Wildman–Crippen LogP) is 4.44. The van der Waals surface area contributed by atoms with Gasteiger partial charge in [0.25, 0.3) is 5.91 Å². The lowest BCUT2D eigenvalue weighted by Gasteiger charge is -2.32. The molecule has 1 aromatic carbocycles. The van der Waals surface area contributed by atoms with Crippen LogP contribution in [0.25, 0.3) is 0 Å². The second-order valence-corrected chi connectivity index (χ2v) is 6.40. The number of phenols is 1. The average Bonchev–Trinajstić information content (AvgIpc) is 2.40. The SMILES string of the molecule is CCC(CC)N(CC(C)C)C(=O)c1cc(Br)ccc1O. The zero-order valence-electron chi connectivity index (χ0n) is 12.7. The molecule has 3 nitrogen and oxygen atoms in total.